The highest BCUT2D eigenvalue weighted by Crippen LogP contribution is 2.35. The van der Waals surface area contributed by atoms with Crippen molar-refractivity contribution >= 4 is 5.91 Å². The molecule has 3 aromatic rings. The van der Waals surface area contributed by atoms with Crippen molar-refractivity contribution in [3.05, 3.63) is 36.4 Å². The molecule has 0 saturated heterocycles. The van der Waals surface area contributed by atoms with Gasteiger partial charge in [-0.05, 0) is 0 Å². The summed E-state index contributed by atoms with van der Waals surface area (Å²) in [6.45, 7) is 0. The van der Waals surface area contributed by atoms with E-state index < -0.39 is 17.8 Å². The van der Waals surface area contributed by atoms with Gasteiger partial charge in [0.25, 0.3) is 5.91 Å². The fourth-order valence-electron chi connectivity index (χ4n) is 2.00. The number of aromatic amines is 1. The fraction of sp³-hybridized carbons (Fsp3) is 0.167. The molecule has 3 rings (SSSR count). The van der Waals surface area contributed by atoms with Crippen LogP contribution < -0.4 is 5.73 Å². The zero-order valence-corrected chi connectivity index (χ0v) is 11.7. The number of amides is 1. The third-order valence-corrected chi connectivity index (χ3v) is 3.01. The van der Waals surface area contributed by atoms with E-state index in [0.29, 0.717) is 0 Å². The number of rotatable bonds is 3. The zero-order valence-electron chi connectivity index (χ0n) is 11.7. The van der Waals surface area contributed by atoms with Gasteiger partial charge in [0.15, 0.2) is 17.3 Å². The van der Waals surface area contributed by atoms with Crippen LogP contribution in [0.4, 0.5) is 13.2 Å². The molecule has 0 aromatic carbocycles. The normalized spacial score (nSPS) is 11.8. The van der Waals surface area contributed by atoms with E-state index in [0.717, 1.165) is 17.1 Å². The lowest BCUT2D eigenvalue weighted by Crippen LogP contribution is -2.12. The van der Waals surface area contributed by atoms with E-state index in [2.05, 4.69) is 20.1 Å². The van der Waals surface area contributed by atoms with E-state index in [-0.39, 0.29) is 22.9 Å². The molecule has 0 aliphatic heterocycles. The van der Waals surface area contributed by atoms with Gasteiger partial charge in [0, 0.05) is 19.4 Å². The van der Waals surface area contributed by atoms with Crippen molar-refractivity contribution < 1.29 is 18.0 Å². The first-order valence-corrected chi connectivity index (χ1v) is 6.26. The number of halogens is 3. The van der Waals surface area contributed by atoms with Gasteiger partial charge in [0.05, 0.1) is 23.8 Å². The van der Waals surface area contributed by atoms with Gasteiger partial charge in [-0.1, -0.05) is 0 Å². The highest BCUT2D eigenvalue weighted by atomic mass is 19.4. The van der Waals surface area contributed by atoms with Gasteiger partial charge in [-0.3, -0.25) is 4.79 Å². The van der Waals surface area contributed by atoms with Crippen LogP contribution in [0.25, 0.3) is 17.1 Å². The van der Waals surface area contributed by atoms with E-state index in [1.54, 1.807) is 11.6 Å². The Morgan fingerprint density at radius 3 is 2.57 bits per heavy atom. The van der Waals surface area contributed by atoms with E-state index >= 15 is 0 Å². The van der Waals surface area contributed by atoms with Gasteiger partial charge >= 0.3 is 6.18 Å². The summed E-state index contributed by atoms with van der Waals surface area (Å²) in [5, 5.41) is 3.55. The van der Waals surface area contributed by atoms with Crippen LogP contribution in [-0.4, -0.2) is 35.2 Å². The Hall–Kier alpha value is -3.11. The second kappa shape index (κ2) is 4.97. The van der Waals surface area contributed by atoms with Crippen LogP contribution in [0.3, 0.4) is 0 Å². The largest absolute Gasteiger partial charge is 0.435 e. The van der Waals surface area contributed by atoms with E-state index in [4.69, 9.17) is 5.73 Å². The van der Waals surface area contributed by atoms with Crippen LogP contribution >= 0.6 is 0 Å². The van der Waals surface area contributed by atoms with Crippen molar-refractivity contribution in [1.29, 1.82) is 0 Å². The molecule has 3 aromatic heterocycles. The number of H-pyrrole nitrogens is 1. The van der Waals surface area contributed by atoms with Gasteiger partial charge < -0.3 is 15.3 Å². The molecule has 11 heteroatoms. The lowest BCUT2D eigenvalue weighted by Gasteiger charge is -2.04. The molecule has 0 atom stereocenters. The summed E-state index contributed by atoms with van der Waals surface area (Å²) >= 11 is 0. The lowest BCUT2D eigenvalue weighted by molar-refractivity contribution is -0.140. The number of nitrogens with zero attached hydrogens (tertiary/aromatic N) is 5. The van der Waals surface area contributed by atoms with Crippen molar-refractivity contribution in [2.24, 2.45) is 12.8 Å². The molecule has 0 spiro atoms. The van der Waals surface area contributed by atoms with Gasteiger partial charge in [-0.25, -0.2) is 14.6 Å². The Kier molecular flexibility index (Phi) is 3.20. The molecule has 0 unspecified atom stereocenters. The van der Waals surface area contributed by atoms with Crippen LogP contribution in [0, 0.1) is 0 Å². The summed E-state index contributed by atoms with van der Waals surface area (Å²) in [7, 11) is 1.68. The van der Waals surface area contributed by atoms with Crippen molar-refractivity contribution in [2.45, 2.75) is 6.18 Å². The average molecular weight is 325 g/mol. The zero-order chi connectivity index (χ0) is 16.8. The monoisotopic (exact) mass is 325 g/mol. The number of carbonyl (C=O) groups is 1. The molecule has 8 nitrogen and oxygen atoms in total. The summed E-state index contributed by atoms with van der Waals surface area (Å²) < 4.78 is 42.2. The Balaban J connectivity index is 2.14. The molecular formula is C12H10F3N7O. The van der Waals surface area contributed by atoms with Crippen LogP contribution in [0.2, 0.25) is 0 Å². The Labute approximate surface area is 126 Å². The summed E-state index contributed by atoms with van der Waals surface area (Å²) in [5.41, 5.74) is 3.64. The molecular weight excluding hydrogens is 315 g/mol. The standard InChI is InChI=1S/C12H10F3N7O/c1-21-4-8(18-5-21)22-3-6(9(20-22)12(13,14)15)7-2-17-11(19-7)10(16)23/h2-5H,1H3,(H2,16,23)(H,17,19). The van der Waals surface area contributed by atoms with Crippen LogP contribution in [0.15, 0.2) is 24.9 Å². The molecule has 23 heavy (non-hydrogen) atoms. The minimum atomic E-state index is -4.69. The maximum absolute atomic E-state index is 13.2. The third kappa shape index (κ3) is 2.67. The van der Waals surface area contributed by atoms with Crippen molar-refractivity contribution in [1.82, 2.24) is 29.3 Å². The topological polar surface area (TPSA) is 107 Å². The minimum Gasteiger partial charge on any atom is -0.363 e. The van der Waals surface area contributed by atoms with Crippen molar-refractivity contribution in [3.8, 4) is 17.1 Å². The molecule has 0 radical (unpaired) electrons. The summed E-state index contributed by atoms with van der Waals surface area (Å²) in [6, 6.07) is 0. The smallest absolute Gasteiger partial charge is 0.363 e. The molecule has 0 bridgehead atoms. The van der Waals surface area contributed by atoms with Gasteiger partial charge in [-0.2, -0.15) is 18.3 Å². The van der Waals surface area contributed by atoms with E-state index in [9.17, 15) is 18.0 Å². The fourth-order valence-corrected chi connectivity index (χ4v) is 2.00. The molecule has 0 saturated carbocycles. The number of nitrogens with one attached hydrogen (secondary N) is 1. The molecule has 0 aliphatic rings. The van der Waals surface area contributed by atoms with Crippen molar-refractivity contribution in [2.75, 3.05) is 0 Å². The number of alkyl halides is 3. The Bertz CT molecular complexity index is 873. The molecule has 120 valence electrons. The van der Waals surface area contributed by atoms with E-state index in [1.165, 1.54) is 12.5 Å². The summed E-state index contributed by atoms with van der Waals surface area (Å²) in [6.07, 6.45) is 0.510. The number of hydrogen-bond acceptors (Lipinski definition) is 4. The summed E-state index contributed by atoms with van der Waals surface area (Å²) in [4.78, 5) is 21.1. The first-order valence-electron chi connectivity index (χ1n) is 6.26. The molecule has 0 aliphatic carbocycles. The number of nitrogens with two attached hydrogens (primary N) is 1. The Morgan fingerprint density at radius 2 is 2.04 bits per heavy atom. The highest BCUT2D eigenvalue weighted by molar-refractivity contribution is 5.89. The van der Waals surface area contributed by atoms with Crippen molar-refractivity contribution in [3.63, 3.8) is 0 Å². The predicted octanol–water partition coefficient (Wildman–Crippen LogP) is 1.11. The third-order valence-electron chi connectivity index (χ3n) is 3.01. The van der Waals surface area contributed by atoms with E-state index in [1.807, 2.05) is 0 Å². The Morgan fingerprint density at radius 1 is 1.30 bits per heavy atom. The minimum absolute atomic E-state index is 0.0201. The lowest BCUT2D eigenvalue weighted by atomic mass is 10.2. The summed E-state index contributed by atoms with van der Waals surface area (Å²) in [5.74, 6) is -0.889. The number of hydrogen-bond donors (Lipinski definition) is 2. The van der Waals surface area contributed by atoms with Crippen LogP contribution in [0.5, 0.6) is 0 Å². The first kappa shape index (κ1) is 14.8. The molecule has 3 N–H and O–H groups in total. The van der Waals surface area contributed by atoms with Gasteiger partial charge in [0.2, 0.25) is 0 Å². The quantitative estimate of drug-likeness (QED) is 0.752. The second-order valence-corrected chi connectivity index (χ2v) is 4.74. The number of aromatic nitrogens is 6. The van der Waals surface area contributed by atoms with Gasteiger partial charge in [0.1, 0.15) is 0 Å². The van der Waals surface area contributed by atoms with Crippen LogP contribution in [0.1, 0.15) is 16.3 Å². The highest BCUT2D eigenvalue weighted by Gasteiger charge is 2.38. The number of primary amides is 1. The number of aryl methyl sites for hydroxylation is 1. The maximum Gasteiger partial charge on any atom is 0.435 e. The van der Waals surface area contributed by atoms with Gasteiger partial charge in [-0.15, -0.1) is 0 Å². The second-order valence-electron chi connectivity index (χ2n) is 4.74. The average Bonchev–Trinajstić information content (AvgIpc) is 3.15. The predicted molar refractivity (Wildman–Crippen MR) is 71.4 cm³/mol. The SMILES string of the molecule is Cn1cnc(-n2cc(-c3cnc(C(N)=O)[nH]3)c(C(F)(F)F)n2)c1. The molecule has 3 heterocycles. The number of imidazole rings is 2. The maximum atomic E-state index is 13.2. The van der Waals surface area contributed by atoms with Crippen LogP contribution in [-0.2, 0) is 13.2 Å². The first-order chi connectivity index (χ1) is 10.8. The number of carbonyl (C=O) groups excluding carboxylic acids is 1. The molecule has 0 fully saturated rings. The molecule has 1 amide bonds.